The van der Waals surface area contributed by atoms with E-state index in [1.165, 1.54) is 49.1 Å². The van der Waals surface area contributed by atoms with E-state index < -0.39 is 0 Å². The first-order valence-electron chi connectivity index (χ1n) is 18.6. The first-order valence-corrected chi connectivity index (χ1v) is 18.6. The number of aromatic nitrogens is 2. The van der Waals surface area contributed by atoms with Crippen molar-refractivity contribution in [1.29, 1.82) is 0 Å². The highest BCUT2D eigenvalue weighted by atomic mass is 16.3. The van der Waals surface area contributed by atoms with Crippen LogP contribution in [-0.4, -0.2) is 9.55 Å². The van der Waals surface area contributed by atoms with Gasteiger partial charge < -0.3 is 13.9 Å². The maximum atomic E-state index is 6.29. The van der Waals surface area contributed by atoms with Gasteiger partial charge in [0.25, 0.3) is 0 Å². The number of hydrogen-bond donors (Lipinski definition) is 0. The summed E-state index contributed by atoms with van der Waals surface area (Å²) in [6.45, 7) is 0. The van der Waals surface area contributed by atoms with Crippen LogP contribution in [0.25, 0.3) is 82.7 Å². The molecule has 11 aromatic rings. The number of oxazole rings is 1. The average molecular weight is 704 g/mol. The topological polar surface area (TPSA) is 34.2 Å². The predicted molar refractivity (Wildman–Crippen MR) is 229 cm³/mol. The number of fused-ring (bicyclic) bond motifs is 7. The number of anilines is 3. The van der Waals surface area contributed by atoms with Gasteiger partial charge in [-0.1, -0.05) is 133 Å². The second-order valence-electron chi connectivity index (χ2n) is 14.0. The highest BCUT2D eigenvalue weighted by Crippen LogP contribution is 2.45. The summed E-state index contributed by atoms with van der Waals surface area (Å²) >= 11 is 0. The fraction of sp³-hybridized carbons (Fsp3) is 0. The number of rotatable bonds is 6. The summed E-state index contributed by atoms with van der Waals surface area (Å²) in [5.41, 5.74) is 11.5. The Balaban J connectivity index is 1.19. The summed E-state index contributed by atoms with van der Waals surface area (Å²) in [5.74, 6) is 0.610. The molecule has 0 saturated carbocycles. The van der Waals surface area contributed by atoms with Crippen molar-refractivity contribution in [2.45, 2.75) is 0 Å². The van der Waals surface area contributed by atoms with E-state index in [2.05, 4.69) is 173 Å². The van der Waals surface area contributed by atoms with Crippen molar-refractivity contribution < 1.29 is 4.42 Å². The molecule has 0 radical (unpaired) electrons. The van der Waals surface area contributed by atoms with Gasteiger partial charge in [0.15, 0.2) is 5.58 Å². The lowest BCUT2D eigenvalue weighted by molar-refractivity contribution is 0.620. The normalized spacial score (nSPS) is 11.6. The van der Waals surface area contributed by atoms with Crippen LogP contribution in [0.15, 0.2) is 205 Å². The fourth-order valence-corrected chi connectivity index (χ4v) is 8.29. The molecule has 55 heavy (non-hydrogen) atoms. The molecular formula is C51H33N3O. The molecule has 0 aliphatic heterocycles. The molecular weight excluding hydrogens is 671 g/mol. The third kappa shape index (κ3) is 5.11. The van der Waals surface area contributed by atoms with Crippen LogP contribution < -0.4 is 4.90 Å². The Hall–Kier alpha value is -7.43. The van der Waals surface area contributed by atoms with Crippen molar-refractivity contribution in [3.05, 3.63) is 200 Å². The zero-order valence-corrected chi connectivity index (χ0v) is 29.8. The van der Waals surface area contributed by atoms with Crippen LogP contribution in [0.3, 0.4) is 0 Å². The summed E-state index contributed by atoms with van der Waals surface area (Å²) < 4.78 is 8.71. The van der Waals surface area contributed by atoms with Crippen LogP contribution in [0, 0.1) is 0 Å². The zero-order chi connectivity index (χ0) is 36.3. The standard InChI is InChI=1S/C51H33N3O/c1-4-14-34(15-5-1)40-29-30-48(42-21-11-10-20-41(40)42)53(39-27-31-49-46(33-39)52-51(55-49)36-16-6-2-7-17-36)38-26-24-35-25-28-44-43-22-12-13-23-47(43)54(50(44)45(35)32-38)37-18-8-3-9-19-37/h1-33H. The maximum absolute atomic E-state index is 6.29. The van der Waals surface area contributed by atoms with Crippen molar-refractivity contribution in [2.24, 2.45) is 0 Å². The van der Waals surface area contributed by atoms with Crippen molar-refractivity contribution >= 4 is 71.5 Å². The van der Waals surface area contributed by atoms with Gasteiger partial charge in [0.1, 0.15) is 5.52 Å². The summed E-state index contributed by atoms with van der Waals surface area (Å²) in [4.78, 5) is 7.37. The highest BCUT2D eigenvalue weighted by molar-refractivity contribution is 6.19. The van der Waals surface area contributed by atoms with E-state index in [1.54, 1.807) is 0 Å². The molecule has 0 fully saturated rings. The molecule has 9 aromatic carbocycles. The summed E-state index contributed by atoms with van der Waals surface area (Å²) in [5, 5.41) is 7.17. The Morgan fingerprint density at radius 1 is 0.455 bits per heavy atom. The van der Waals surface area contributed by atoms with Gasteiger partial charge in [-0.15, -0.1) is 0 Å². The Bertz CT molecular complexity index is 3200. The van der Waals surface area contributed by atoms with Crippen LogP contribution in [0.4, 0.5) is 17.1 Å². The Kier molecular flexibility index (Phi) is 7.14. The first kappa shape index (κ1) is 31.1. The predicted octanol–water partition coefficient (Wildman–Crippen LogP) is 14.0. The summed E-state index contributed by atoms with van der Waals surface area (Å²) in [6, 6.07) is 71.1. The van der Waals surface area contributed by atoms with E-state index in [9.17, 15) is 0 Å². The van der Waals surface area contributed by atoms with E-state index in [4.69, 9.17) is 9.40 Å². The lowest BCUT2D eigenvalue weighted by Gasteiger charge is -2.28. The minimum atomic E-state index is 0.610. The van der Waals surface area contributed by atoms with Gasteiger partial charge in [-0.05, 0) is 88.6 Å². The maximum Gasteiger partial charge on any atom is 0.227 e. The smallest absolute Gasteiger partial charge is 0.227 e. The molecule has 0 unspecified atom stereocenters. The molecule has 2 aromatic heterocycles. The number of nitrogens with zero attached hydrogens (tertiary/aromatic N) is 3. The van der Waals surface area contributed by atoms with Gasteiger partial charge in [-0.2, -0.15) is 0 Å². The van der Waals surface area contributed by atoms with Crippen molar-refractivity contribution in [2.75, 3.05) is 4.90 Å². The molecule has 0 bridgehead atoms. The molecule has 258 valence electrons. The third-order valence-electron chi connectivity index (χ3n) is 10.8. The number of benzene rings is 9. The molecule has 2 heterocycles. The van der Waals surface area contributed by atoms with E-state index >= 15 is 0 Å². The van der Waals surface area contributed by atoms with Gasteiger partial charge in [0.2, 0.25) is 5.89 Å². The summed E-state index contributed by atoms with van der Waals surface area (Å²) in [7, 11) is 0. The Morgan fingerprint density at radius 2 is 1.09 bits per heavy atom. The molecule has 4 heteroatoms. The quantitative estimate of drug-likeness (QED) is 0.173. The average Bonchev–Trinajstić information content (AvgIpc) is 3.84. The van der Waals surface area contributed by atoms with Crippen molar-refractivity contribution in [3.8, 4) is 28.3 Å². The molecule has 0 atom stereocenters. The first-order chi connectivity index (χ1) is 27.3. The van der Waals surface area contributed by atoms with Crippen LogP contribution in [-0.2, 0) is 0 Å². The molecule has 0 saturated heterocycles. The molecule has 0 N–H and O–H groups in total. The zero-order valence-electron chi connectivity index (χ0n) is 29.8. The van der Waals surface area contributed by atoms with E-state index in [-0.39, 0.29) is 0 Å². The molecule has 0 spiro atoms. The lowest BCUT2D eigenvalue weighted by Crippen LogP contribution is -2.11. The molecule has 0 aliphatic rings. The van der Waals surface area contributed by atoms with Gasteiger partial charge in [-0.25, -0.2) is 4.98 Å². The number of hydrogen-bond acceptors (Lipinski definition) is 3. The second kappa shape index (κ2) is 12.6. The van der Waals surface area contributed by atoms with Crippen molar-refractivity contribution in [1.82, 2.24) is 9.55 Å². The van der Waals surface area contributed by atoms with E-state index in [1.807, 2.05) is 36.4 Å². The SMILES string of the molecule is c1ccc(-c2nc3cc(N(c4ccc5ccc6c7ccccc7n(-c7ccccc7)c6c5c4)c4ccc(-c5ccccc5)c5ccccc45)ccc3o2)cc1. The van der Waals surface area contributed by atoms with Gasteiger partial charge >= 0.3 is 0 Å². The third-order valence-corrected chi connectivity index (χ3v) is 10.8. The van der Waals surface area contributed by atoms with Gasteiger partial charge in [-0.3, -0.25) is 0 Å². The molecule has 4 nitrogen and oxygen atoms in total. The summed E-state index contributed by atoms with van der Waals surface area (Å²) in [6.07, 6.45) is 0. The minimum absolute atomic E-state index is 0.610. The molecule has 0 aliphatic carbocycles. The highest BCUT2D eigenvalue weighted by Gasteiger charge is 2.21. The van der Waals surface area contributed by atoms with Crippen LogP contribution in [0.5, 0.6) is 0 Å². The van der Waals surface area contributed by atoms with Crippen LogP contribution in [0.2, 0.25) is 0 Å². The van der Waals surface area contributed by atoms with Gasteiger partial charge in [0.05, 0.1) is 16.7 Å². The monoisotopic (exact) mass is 703 g/mol. The largest absolute Gasteiger partial charge is 0.436 e. The van der Waals surface area contributed by atoms with Crippen LogP contribution in [0.1, 0.15) is 0 Å². The van der Waals surface area contributed by atoms with Crippen molar-refractivity contribution in [3.63, 3.8) is 0 Å². The Morgan fingerprint density at radius 3 is 1.89 bits per heavy atom. The minimum Gasteiger partial charge on any atom is -0.436 e. The molecule has 11 rings (SSSR count). The van der Waals surface area contributed by atoms with E-state index in [0.717, 1.165) is 44.8 Å². The second-order valence-corrected chi connectivity index (χ2v) is 14.0. The molecule has 0 amide bonds. The Labute approximate surface area is 317 Å². The number of para-hydroxylation sites is 2. The lowest BCUT2D eigenvalue weighted by atomic mass is 9.96. The van der Waals surface area contributed by atoms with Crippen LogP contribution >= 0.6 is 0 Å². The fourth-order valence-electron chi connectivity index (χ4n) is 8.29. The van der Waals surface area contributed by atoms with Gasteiger partial charge in [0, 0.05) is 44.2 Å². The van der Waals surface area contributed by atoms with E-state index in [0.29, 0.717) is 5.89 Å².